The van der Waals surface area contributed by atoms with Crippen LogP contribution in [-0.4, -0.2) is 85.1 Å². The van der Waals surface area contributed by atoms with Gasteiger partial charge in [0.05, 0.1) is 19.4 Å². The van der Waals surface area contributed by atoms with E-state index in [1.165, 1.54) is 24.0 Å². The van der Waals surface area contributed by atoms with Crippen molar-refractivity contribution in [2.24, 2.45) is 11.3 Å². The van der Waals surface area contributed by atoms with Gasteiger partial charge in [0, 0.05) is 60.6 Å². The fraction of sp³-hybridized carbons (Fsp3) is 0.471. The maximum Gasteiger partial charge on any atom is 0.255 e. The second-order valence-electron chi connectivity index (χ2n) is 19.5. The molecule has 2 spiro atoms. The molecule has 4 fully saturated rings. The second-order valence-corrected chi connectivity index (χ2v) is 19.5. The molecule has 0 unspecified atom stereocenters. The van der Waals surface area contributed by atoms with Gasteiger partial charge >= 0.3 is 0 Å². The van der Waals surface area contributed by atoms with Crippen LogP contribution in [0.4, 0.5) is 10.1 Å². The van der Waals surface area contributed by atoms with E-state index in [4.69, 9.17) is 9.47 Å². The lowest BCUT2D eigenvalue weighted by atomic mass is 9.57. The number of aryl methyl sites for hydroxylation is 1. The van der Waals surface area contributed by atoms with E-state index in [1.807, 2.05) is 30.3 Å². The average molecular weight is 839 g/mol. The summed E-state index contributed by atoms with van der Waals surface area (Å²) >= 11 is 0. The number of ether oxygens (including phenoxy) is 2. The van der Waals surface area contributed by atoms with E-state index in [0.717, 1.165) is 99.3 Å². The number of rotatable bonds is 7. The van der Waals surface area contributed by atoms with Gasteiger partial charge in [0.2, 0.25) is 11.8 Å². The molecule has 11 rings (SSSR count). The number of halogens is 1. The number of piperidine rings is 3. The van der Waals surface area contributed by atoms with Gasteiger partial charge in [-0.2, -0.15) is 0 Å². The highest BCUT2D eigenvalue weighted by Gasteiger charge is 2.49. The lowest BCUT2D eigenvalue weighted by Crippen LogP contribution is -2.52. The molecule has 2 aliphatic carbocycles. The molecule has 0 bridgehead atoms. The monoisotopic (exact) mass is 838 g/mol. The Morgan fingerprint density at radius 3 is 2.40 bits per heavy atom. The number of likely N-dealkylation sites (tertiary alicyclic amines) is 1. The van der Waals surface area contributed by atoms with Crippen LogP contribution in [0.5, 0.6) is 17.2 Å². The molecule has 1 saturated carbocycles. The van der Waals surface area contributed by atoms with Crippen LogP contribution in [0.15, 0.2) is 72.8 Å². The molecule has 4 aromatic carbocycles. The van der Waals surface area contributed by atoms with Crippen molar-refractivity contribution < 1.29 is 33.4 Å². The summed E-state index contributed by atoms with van der Waals surface area (Å²) in [5, 5.41) is 12.7. The van der Waals surface area contributed by atoms with E-state index in [-0.39, 0.29) is 53.0 Å². The molecule has 5 aliphatic heterocycles. The van der Waals surface area contributed by atoms with Crippen molar-refractivity contribution >= 4 is 23.4 Å². The van der Waals surface area contributed by atoms with Crippen LogP contribution < -0.4 is 19.7 Å². The second kappa shape index (κ2) is 15.1. The Balaban J connectivity index is 0.713. The minimum Gasteiger partial charge on any atom is -0.508 e. The van der Waals surface area contributed by atoms with Gasteiger partial charge in [0.1, 0.15) is 17.5 Å². The summed E-state index contributed by atoms with van der Waals surface area (Å²) in [6, 6.07) is 23.6. The van der Waals surface area contributed by atoms with Crippen molar-refractivity contribution in [1.82, 2.24) is 15.1 Å². The van der Waals surface area contributed by atoms with Crippen molar-refractivity contribution in [2.45, 2.75) is 94.0 Å². The van der Waals surface area contributed by atoms with Gasteiger partial charge in [-0.25, -0.2) is 4.39 Å². The van der Waals surface area contributed by atoms with E-state index in [1.54, 1.807) is 18.1 Å². The molecule has 322 valence electrons. The number of carbonyl (C=O) groups excluding carboxylic acids is 3. The van der Waals surface area contributed by atoms with Crippen molar-refractivity contribution in [1.29, 1.82) is 0 Å². The maximum atomic E-state index is 16.8. The first-order valence-electron chi connectivity index (χ1n) is 22.8. The lowest BCUT2D eigenvalue weighted by Gasteiger charge is -2.54. The molecule has 0 radical (unpaired) electrons. The number of phenols is 1. The number of anilines is 1. The summed E-state index contributed by atoms with van der Waals surface area (Å²) in [5.41, 5.74) is 7.96. The molecule has 2 N–H and O–H groups in total. The molecule has 62 heavy (non-hydrogen) atoms. The lowest BCUT2D eigenvalue weighted by molar-refractivity contribution is -0.136. The minimum atomic E-state index is -0.624. The minimum absolute atomic E-state index is 0.0652. The van der Waals surface area contributed by atoms with E-state index in [0.29, 0.717) is 47.9 Å². The van der Waals surface area contributed by atoms with Crippen molar-refractivity contribution in [3.05, 3.63) is 118 Å². The first kappa shape index (κ1) is 39.4. The molecule has 5 heterocycles. The molecular formula is C51H55FN4O6. The highest BCUT2D eigenvalue weighted by molar-refractivity contribution is 6.05. The van der Waals surface area contributed by atoms with Crippen LogP contribution in [0.2, 0.25) is 0 Å². The fourth-order valence-corrected chi connectivity index (χ4v) is 12.8. The van der Waals surface area contributed by atoms with Crippen molar-refractivity contribution in [3.63, 3.8) is 0 Å². The first-order valence-corrected chi connectivity index (χ1v) is 22.8. The number of nitrogens with one attached hydrogen (secondary N) is 1. The third kappa shape index (κ3) is 6.56. The summed E-state index contributed by atoms with van der Waals surface area (Å²) in [5.74, 6) is 0.989. The highest BCUT2D eigenvalue weighted by Crippen LogP contribution is 2.55. The molecular weight excluding hydrogens is 784 g/mol. The largest absolute Gasteiger partial charge is 0.508 e. The number of methoxy groups -OCH3 is 1. The molecule has 0 aromatic heterocycles. The predicted octanol–water partition coefficient (Wildman–Crippen LogP) is 7.59. The Morgan fingerprint density at radius 1 is 0.871 bits per heavy atom. The van der Waals surface area contributed by atoms with Crippen molar-refractivity contribution in [3.8, 4) is 17.2 Å². The number of aromatic hydroxyl groups is 1. The predicted molar refractivity (Wildman–Crippen MR) is 232 cm³/mol. The van der Waals surface area contributed by atoms with Gasteiger partial charge in [-0.05, 0) is 141 Å². The Bertz CT molecular complexity index is 2450. The molecule has 11 heteroatoms. The smallest absolute Gasteiger partial charge is 0.255 e. The van der Waals surface area contributed by atoms with Gasteiger partial charge in [-0.1, -0.05) is 42.5 Å². The Hall–Kier alpha value is -5.42. The van der Waals surface area contributed by atoms with Crippen LogP contribution in [0.3, 0.4) is 0 Å². The van der Waals surface area contributed by atoms with Gasteiger partial charge in [-0.15, -0.1) is 0 Å². The number of benzene rings is 4. The van der Waals surface area contributed by atoms with Crippen LogP contribution in [0.25, 0.3) is 0 Å². The number of carbonyl (C=O) groups is 3. The van der Waals surface area contributed by atoms with Crippen LogP contribution in [0.1, 0.15) is 113 Å². The average Bonchev–Trinajstić information content (AvgIpc) is 3.78. The van der Waals surface area contributed by atoms with E-state index < -0.39 is 6.04 Å². The van der Waals surface area contributed by atoms with Crippen LogP contribution in [-0.2, 0) is 28.0 Å². The number of hydrogen-bond donors (Lipinski definition) is 2. The molecule has 4 aromatic rings. The third-order valence-corrected chi connectivity index (χ3v) is 16.1. The van der Waals surface area contributed by atoms with Gasteiger partial charge < -0.3 is 29.3 Å². The van der Waals surface area contributed by atoms with Gasteiger partial charge in [0.15, 0.2) is 11.6 Å². The van der Waals surface area contributed by atoms with Gasteiger partial charge in [-0.3, -0.25) is 19.7 Å². The maximum absolute atomic E-state index is 16.8. The standard InChI is InChI=1S/C51H55FN4O6/c1-61-47-38(45-36(32-5-3-2-4-6-32)9-7-33-23-35(57)8-10-37(33)45)11-12-41(46(47)52)55-21-15-50(16-22-55)26-31(27-50)28-54-19-17-51(18-20-54)30-62-43-25-39-34(24-40(43)51)29-56(49(39)60)42-13-14-44(58)53-48(42)59/h2-6,8,10-12,23-25,31,36,42,45,57H,7,9,13-22,26-30H2,1H3,(H,53,58,59)/t36-,42+,45+/m1/s1. The summed E-state index contributed by atoms with van der Waals surface area (Å²) < 4.78 is 29.0. The number of fused-ring (bicyclic) bond motifs is 4. The topological polar surface area (TPSA) is 112 Å². The zero-order valence-corrected chi connectivity index (χ0v) is 35.5. The Morgan fingerprint density at radius 2 is 1.65 bits per heavy atom. The molecule has 10 nitrogen and oxygen atoms in total. The Labute approximate surface area is 362 Å². The number of imide groups is 1. The Kier molecular flexibility index (Phi) is 9.63. The number of phenolic OH excluding ortho intramolecular Hbond substituents is 1. The summed E-state index contributed by atoms with van der Waals surface area (Å²) in [6.45, 7) is 5.80. The van der Waals surface area contributed by atoms with E-state index in [9.17, 15) is 19.5 Å². The number of hydrogen-bond acceptors (Lipinski definition) is 8. The summed E-state index contributed by atoms with van der Waals surface area (Å²) in [6.07, 6.45) is 8.94. The highest BCUT2D eigenvalue weighted by atomic mass is 19.1. The zero-order chi connectivity index (χ0) is 42.3. The first-order chi connectivity index (χ1) is 30.1. The third-order valence-electron chi connectivity index (χ3n) is 16.1. The molecule has 3 atom stereocenters. The molecule has 7 aliphatic rings. The summed E-state index contributed by atoms with van der Waals surface area (Å²) in [7, 11) is 1.58. The van der Waals surface area contributed by atoms with Crippen molar-refractivity contribution in [2.75, 3.05) is 51.3 Å². The zero-order valence-electron chi connectivity index (χ0n) is 35.5. The fourth-order valence-electron chi connectivity index (χ4n) is 12.8. The molecule has 3 saturated heterocycles. The van der Waals surface area contributed by atoms with Gasteiger partial charge in [0.25, 0.3) is 5.91 Å². The van der Waals surface area contributed by atoms with Crippen LogP contribution in [0, 0.1) is 17.2 Å². The normalized spacial score (nSPS) is 25.3. The van der Waals surface area contributed by atoms with E-state index in [2.05, 4.69) is 51.5 Å². The quantitative estimate of drug-likeness (QED) is 0.184. The summed E-state index contributed by atoms with van der Waals surface area (Å²) in [4.78, 5) is 44.2. The number of amides is 3. The van der Waals surface area contributed by atoms with Crippen LogP contribution >= 0.6 is 0 Å². The number of nitrogens with zero attached hydrogens (tertiary/aromatic N) is 3. The molecule has 3 amide bonds. The SMILES string of the molecule is COc1c([C@@H]2c3ccc(O)cc3CC[C@@H]2c2ccccc2)ccc(N2CCC3(CC2)CC(CN2CCC4(CC2)COc2cc5c(cc24)CN([C@H]2CCC(=O)NC2=O)C5=O)C3)c1F. The van der Waals surface area contributed by atoms with E-state index >= 15 is 4.39 Å².